The third kappa shape index (κ3) is 7.27. The smallest absolute Gasteiger partial charge is 0.223 e. The number of nitrogens with one attached hydrogen (secondary N) is 1. The van der Waals surface area contributed by atoms with Crippen molar-refractivity contribution >= 4 is 34.2 Å². The van der Waals surface area contributed by atoms with Gasteiger partial charge in [-0.15, -0.1) is 12.4 Å². The van der Waals surface area contributed by atoms with E-state index in [4.69, 9.17) is 5.73 Å². The van der Waals surface area contributed by atoms with Crippen molar-refractivity contribution in [3.63, 3.8) is 0 Å². The summed E-state index contributed by atoms with van der Waals surface area (Å²) in [5.41, 5.74) is 6.85. The molecule has 20 heavy (non-hydrogen) atoms. The average Bonchev–Trinajstić information content (AvgIpc) is 2.35. The average molecular weight is 364 g/mol. The van der Waals surface area contributed by atoms with Gasteiger partial charge in [-0.3, -0.25) is 4.79 Å². The quantitative estimate of drug-likeness (QED) is 0.781. The Balaban J connectivity index is 0.00000361. The summed E-state index contributed by atoms with van der Waals surface area (Å²) in [6, 6.07) is 8.25. The van der Waals surface area contributed by atoms with Crippen LogP contribution in [0.2, 0.25) is 0 Å². The second-order valence-electron chi connectivity index (χ2n) is 5.00. The number of hydrogen-bond acceptors (Lipinski definition) is 2. The van der Waals surface area contributed by atoms with Crippen LogP contribution in [0.5, 0.6) is 0 Å². The molecule has 1 aromatic rings. The van der Waals surface area contributed by atoms with Crippen molar-refractivity contribution in [2.24, 2.45) is 11.7 Å². The fourth-order valence-corrected chi connectivity index (χ4v) is 2.38. The monoisotopic (exact) mass is 362 g/mol. The summed E-state index contributed by atoms with van der Waals surface area (Å²) < 4.78 is 1.05. The van der Waals surface area contributed by atoms with Gasteiger partial charge in [0, 0.05) is 23.0 Å². The third-order valence-electron chi connectivity index (χ3n) is 3.13. The van der Waals surface area contributed by atoms with E-state index >= 15 is 0 Å². The second-order valence-corrected chi connectivity index (χ2v) is 5.91. The van der Waals surface area contributed by atoms with E-state index in [1.54, 1.807) is 0 Å². The van der Waals surface area contributed by atoms with E-state index in [0.717, 1.165) is 23.7 Å². The lowest BCUT2D eigenvalue weighted by Gasteiger charge is -2.16. The molecule has 0 heterocycles. The van der Waals surface area contributed by atoms with E-state index < -0.39 is 0 Å². The van der Waals surface area contributed by atoms with Gasteiger partial charge in [0.1, 0.15) is 0 Å². The fourth-order valence-electron chi connectivity index (χ4n) is 1.94. The first kappa shape index (κ1) is 19.4. The molecule has 0 bridgehead atoms. The molecule has 0 aliphatic rings. The second kappa shape index (κ2) is 10.2. The van der Waals surface area contributed by atoms with Gasteiger partial charge in [0.25, 0.3) is 0 Å². The molecule has 1 rings (SSSR count). The van der Waals surface area contributed by atoms with Crippen molar-refractivity contribution in [1.29, 1.82) is 0 Å². The molecule has 0 aromatic heterocycles. The summed E-state index contributed by atoms with van der Waals surface area (Å²) in [5.74, 6) is 0.158. The summed E-state index contributed by atoms with van der Waals surface area (Å²) in [6.45, 7) is 4.66. The number of nitrogens with two attached hydrogens (primary N) is 1. The van der Waals surface area contributed by atoms with Crippen molar-refractivity contribution < 1.29 is 4.79 Å². The lowest BCUT2D eigenvalue weighted by molar-refractivity contribution is -0.125. The van der Waals surface area contributed by atoms with Crippen molar-refractivity contribution in [1.82, 2.24) is 5.32 Å². The molecule has 2 unspecified atom stereocenters. The van der Waals surface area contributed by atoms with Crippen LogP contribution in [0.1, 0.15) is 32.3 Å². The van der Waals surface area contributed by atoms with Crippen molar-refractivity contribution in [2.75, 3.05) is 6.54 Å². The lowest BCUT2D eigenvalue weighted by Crippen LogP contribution is -2.34. The summed E-state index contributed by atoms with van der Waals surface area (Å²) in [6.07, 6.45) is 2.44. The largest absolute Gasteiger partial charge is 0.356 e. The molecule has 0 spiro atoms. The number of halogens is 2. The topological polar surface area (TPSA) is 55.1 Å². The SMILES string of the molecule is CCC(Cc1cccc(Br)c1)C(=O)NCCC(C)N.Cl. The molecular formula is C15H24BrClN2O. The Bertz CT molecular complexity index is 413. The zero-order chi connectivity index (χ0) is 14.3. The Kier molecular flexibility index (Phi) is 9.90. The van der Waals surface area contributed by atoms with Crippen molar-refractivity contribution in [3.05, 3.63) is 34.3 Å². The van der Waals surface area contributed by atoms with E-state index in [1.165, 1.54) is 5.56 Å². The predicted octanol–water partition coefficient (Wildman–Crippen LogP) is 3.29. The van der Waals surface area contributed by atoms with E-state index in [2.05, 4.69) is 33.4 Å². The fraction of sp³-hybridized carbons (Fsp3) is 0.533. The van der Waals surface area contributed by atoms with Crippen LogP contribution in [0, 0.1) is 5.92 Å². The molecule has 1 amide bonds. The number of amides is 1. The van der Waals surface area contributed by atoms with Crippen LogP contribution in [0.4, 0.5) is 0 Å². The Morgan fingerprint density at radius 3 is 2.70 bits per heavy atom. The van der Waals surface area contributed by atoms with Crippen LogP contribution in [-0.2, 0) is 11.2 Å². The van der Waals surface area contributed by atoms with E-state index in [0.29, 0.717) is 6.54 Å². The highest BCUT2D eigenvalue weighted by Crippen LogP contribution is 2.17. The molecule has 5 heteroatoms. The summed E-state index contributed by atoms with van der Waals surface area (Å²) >= 11 is 3.45. The zero-order valence-corrected chi connectivity index (χ0v) is 14.5. The van der Waals surface area contributed by atoms with Gasteiger partial charge in [0.15, 0.2) is 0 Å². The highest BCUT2D eigenvalue weighted by atomic mass is 79.9. The molecule has 0 saturated heterocycles. The zero-order valence-electron chi connectivity index (χ0n) is 12.1. The Hall–Kier alpha value is -0.580. The molecule has 1 aromatic carbocycles. The number of carbonyl (C=O) groups is 1. The van der Waals surface area contributed by atoms with Crippen LogP contribution in [0.3, 0.4) is 0 Å². The maximum Gasteiger partial charge on any atom is 0.223 e. The summed E-state index contributed by atoms with van der Waals surface area (Å²) in [4.78, 5) is 12.1. The number of hydrogen-bond donors (Lipinski definition) is 2. The number of benzene rings is 1. The molecule has 0 fully saturated rings. The van der Waals surface area contributed by atoms with Crippen molar-refractivity contribution in [3.8, 4) is 0 Å². The first-order chi connectivity index (χ1) is 9.02. The summed E-state index contributed by atoms with van der Waals surface area (Å²) in [7, 11) is 0. The molecule has 0 aliphatic carbocycles. The summed E-state index contributed by atoms with van der Waals surface area (Å²) in [5, 5.41) is 2.97. The highest BCUT2D eigenvalue weighted by molar-refractivity contribution is 9.10. The van der Waals surface area contributed by atoms with Gasteiger partial charge in [-0.2, -0.15) is 0 Å². The molecule has 0 aliphatic heterocycles. The highest BCUT2D eigenvalue weighted by Gasteiger charge is 2.16. The van der Waals surface area contributed by atoms with Gasteiger partial charge in [0.2, 0.25) is 5.91 Å². The van der Waals surface area contributed by atoms with Gasteiger partial charge in [-0.25, -0.2) is 0 Å². The Morgan fingerprint density at radius 1 is 1.45 bits per heavy atom. The maximum absolute atomic E-state index is 12.1. The molecule has 3 N–H and O–H groups in total. The molecule has 0 radical (unpaired) electrons. The van der Waals surface area contributed by atoms with Crippen LogP contribution in [0.15, 0.2) is 28.7 Å². The van der Waals surface area contributed by atoms with Gasteiger partial charge in [0.05, 0.1) is 0 Å². The maximum atomic E-state index is 12.1. The van der Waals surface area contributed by atoms with Gasteiger partial charge < -0.3 is 11.1 Å². The van der Waals surface area contributed by atoms with Gasteiger partial charge >= 0.3 is 0 Å². The lowest BCUT2D eigenvalue weighted by atomic mass is 9.96. The molecule has 2 atom stereocenters. The van der Waals surface area contributed by atoms with E-state index in [-0.39, 0.29) is 30.3 Å². The van der Waals surface area contributed by atoms with E-state index in [1.807, 2.05) is 26.0 Å². The number of carbonyl (C=O) groups excluding carboxylic acids is 1. The standard InChI is InChI=1S/C15H23BrN2O.ClH/c1-3-13(15(19)18-8-7-11(2)17)9-12-5-4-6-14(16)10-12;/h4-6,10-11,13H,3,7-9,17H2,1-2H3,(H,18,19);1H. The number of rotatable bonds is 7. The first-order valence-electron chi connectivity index (χ1n) is 6.80. The predicted molar refractivity (Wildman–Crippen MR) is 90.2 cm³/mol. The van der Waals surface area contributed by atoms with Crippen LogP contribution >= 0.6 is 28.3 Å². The molecular weight excluding hydrogens is 340 g/mol. The molecule has 3 nitrogen and oxygen atoms in total. The van der Waals surface area contributed by atoms with Crippen molar-refractivity contribution in [2.45, 2.75) is 39.2 Å². The molecule has 0 saturated carbocycles. The Labute approximate surface area is 136 Å². The Morgan fingerprint density at radius 2 is 2.15 bits per heavy atom. The molecule has 114 valence electrons. The van der Waals surface area contributed by atoms with Crippen LogP contribution < -0.4 is 11.1 Å². The minimum absolute atomic E-state index is 0. The minimum Gasteiger partial charge on any atom is -0.356 e. The van der Waals surface area contributed by atoms with E-state index in [9.17, 15) is 4.79 Å². The van der Waals surface area contributed by atoms with Crippen LogP contribution in [0.25, 0.3) is 0 Å². The first-order valence-corrected chi connectivity index (χ1v) is 7.60. The normalized spacial score (nSPS) is 13.2. The van der Waals surface area contributed by atoms with Crippen LogP contribution in [-0.4, -0.2) is 18.5 Å². The third-order valence-corrected chi connectivity index (χ3v) is 3.63. The van der Waals surface area contributed by atoms with Gasteiger partial charge in [-0.05, 0) is 43.9 Å². The minimum atomic E-state index is 0. The van der Waals surface area contributed by atoms with Gasteiger partial charge in [-0.1, -0.05) is 35.0 Å².